The van der Waals surface area contributed by atoms with Crippen LogP contribution in [0.25, 0.3) is 10.8 Å². The van der Waals surface area contributed by atoms with Crippen LogP contribution in [0.3, 0.4) is 0 Å². The van der Waals surface area contributed by atoms with Gasteiger partial charge in [-0.05, 0) is 22.9 Å². The lowest BCUT2D eigenvalue weighted by Gasteiger charge is -2.11. The first-order chi connectivity index (χ1) is 7.61. The Morgan fingerprint density at radius 3 is 2.56 bits per heavy atom. The highest BCUT2D eigenvalue weighted by molar-refractivity contribution is 7.53. The molecule has 16 heavy (non-hydrogen) atoms. The van der Waals surface area contributed by atoms with Crippen LogP contribution in [-0.4, -0.2) is 11.1 Å². The van der Waals surface area contributed by atoms with Gasteiger partial charge in [0.1, 0.15) is 5.75 Å². The summed E-state index contributed by atoms with van der Waals surface area (Å²) >= 11 is 0. The van der Waals surface area contributed by atoms with Crippen LogP contribution in [0.4, 0.5) is 0 Å². The highest BCUT2D eigenvalue weighted by atomic mass is 31.2. The molecule has 1 atom stereocenters. The Balaban J connectivity index is 2.37. The molecule has 0 aliphatic rings. The summed E-state index contributed by atoms with van der Waals surface area (Å²) in [5.74, 6) is 0.436. The molecule has 0 amide bonds. The minimum atomic E-state index is -3.47. The van der Waals surface area contributed by atoms with E-state index in [4.69, 9.17) is 4.52 Å². The zero-order valence-corrected chi connectivity index (χ0v) is 9.85. The SMILES string of the molecule is CCP(=O)(O)Oc1ccc2ccccc2c1. The second-order valence-electron chi connectivity index (χ2n) is 3.55. The minimum Gasteiger partial charge on any atom is -0.424 e. The molecule has 0 spiro atoms. The maximum atomic E-state index is 11.4. The van der Waals surface area contributed by atoms with Gasteiger partial charge in [0, 0.05) is 0 Å². The first kappa shape index (κ1) is 11.2. The van der Waals surface area contributed by atoms with Crippen LogP contribution < -0.4 is 4.52 Å². The van der Waals surface area contributed by atoms with E-state index in [-0.39, 0.29) is 6.16 Å². The predicted octanol–water partition coefficient (Wildman–Crippen LogP) is 3.42. The average Bonchev–Trinajstić information content (AvgIpc) is 2.28. The molecule has 0 aromatic heterocycles. The van der Waals surface area contributed by atoms with E-state index in [0.717, 1.165) is 10.8 Å². The molecule has 0 heterocycles. The van der Waals surface area contributed by atoms with E-state index in [1.165, 1.54) is 0 Å². The molecular weight excluding hydrogens is 223 g/mol. The molecule has 84 valence electrons. The average molecular weight is 236 g/mol. The summed E-state index contributed by atoms with van der Waals surface area (Å²) in [5, 5.41) is 2.08. The first-order valence-corrected chi connectivity index (χ1v) is 6.87. The Kier molecular flexibility index (Phi) is 2.99. The lowest BCUT2D eigenvalue weighted by atomic mass is 10.1. The molecule has 0 aliphatic heterocycles. The van der Waals surface area contributed by atoms with Crippen molar-refractivity contribution < 1.29 is 14.0 Å². The van der Waals surface area contributed by atoms with E-state index in [9.17, 15) is 9.46 Å². The van der Waals surface area contributed by atoms with Crippen molar-refractivity contribution >= 4 is 18.4 Å². The Hall–Kier alpha value is -1.31. The van der Waals surface area contributed by atoms with Gasteiger partial charge in [-0.1, -0.05) is 37.3 Å². The Labute approximate surface area is 94.2 Å². The molecular formula is C12H13O3P. The topological polar surface area (TPSA) is 46.5 Å². The van der Waals surface area contributed by atoms with E-state index in [0.29, 0.717) is 5.75 Å². The molecule has 3 nitrogen and oxygen atoms in total. The van der Waals surface area contributed by atoms with Gasteiger partial charge in [-0.3, -0.25) is 0 Å². The Bertz CT molecular complexity index is 551. The van der Waals surface area contributed by atoms with Crippen molar-refractivity contribution in [3.63, 3.8) is 0 Å². The van der Waals surface area contributed by atoms with Crippen LogP contribution in [0.1, 0.15) is 6.92 Å². The minimum absolute atomic E-state index is 0.111. The third kappa shape index (κ3) is 2.43. The highest BCUT2D eigenvalue weighted by Gasteiger charge is 2.17. The number of hydrogen-bond donors (Lipinski definition) is 1. The van der Waals surface area contributed by atoms with Gasteiger partial charge in [-0.15, -0.1) is 0 Å². The van der Waals surface area contributed by atoms with Crippen molar-refractivity contribution in [3.8, 4) is 5.75 Å². The number of fused-ring (bicyclic) bond motifs is 1. The molecule has 1 N–H and O–H groups in total. The second-order valence-corrected chi connectivity index (χ2v) is 5.64. The number of hydrogen-bond acceptors (Lipinski definition) is 2. The van der Waals surface area contributed by atoms with Gasteiger partial charge >= 0.3 is 7.60 Å². The van der Waals surface area contributed by atoms with Crippen molar-refractivity contribution in [1.82, 2.24) is 0 Å². The van der Waals surface area contributed by atoms with Gasteiger partial charge in [0.05, 0.1) is 6.16 Å². The van der Waals surface area contributed by atoms with E-state index in [1.54, 1.807) is 19.1 Å². The smallest absolute Gasteiger partial charge is 0.376 e. The molecule has 4 heteroatoms. The fraction of sp³-hybridized carbons (Fsp3) is 0.167. The molecule has 0 fully saturated rings. The van der Waals surface area contributed by atoms with Crippen LogP contribution in [-0.2, 0) is 4.57 Å². The van der Waals surface area contributed by atoms with Gasteiger partial charge in [-0.2, -0.15) is 0 Å². The summed E-state index contributed by atoms with van der Waals surface area (Å²) < 4.78 is 16.5. The molecule has 2 rings (SSSR count). The van der Waals surface area contributed by atoms with Gasteiger partial charge in [-0.25, -0.2) is 4.57 Å². The lowest BCUT2D eigenvalue weighted by Crippen LogP contribution is -1.93. The van der Waals surface area contributed by atoms with Crippen LogP contribution in [0.5, 0.6) is 5.75 Å². The maximum absolute atomic E-state index is 11.4. The van der Waals surface area contributed by atoms with E-state index in [2.05, 4.69) is 0 Å². The highest BCUT2D eigenvalue weighted by Crippen LogP contribution is 2.42. The first-order valence-electron chi connectivity index (χ1n) is 5.11. The maximum Gasteiger partial charge on any atom is 0.376 e. The fourth-order valence-corrected chi connectivity index (χ4v) is 2.03. The number of rotatable bonds is 3. The summed E-state index contributed by atoms with van der Waals surface area (Å²) in [7, 11) is -3.47. The van der Waals surface area contributed by atoms with E-state index < -0.39 is 7.60 Å². The largest absolute Gasteiger partial charge is 0.424 e. The summed E-state index contributed by atoms with van der Waals surface area (Å²) in [6.45, 7) is 1.63. The molecule has 2 aromatic carbocycles. The third-order valence-electron chi connectivity index (χ3n) is 2.37. The van der Waals surface area contributed by atoms with Crippen LogP contribution in [0, 0.1) is 0 Å². The van der Waals surface area contributed by atoms with Crippen molar-refractivity contribution in [1.29, 1.82) is 0 Å². The normalized spacial score (nSPS) is 14.6. The molecule has 0 saturated carbocycles. The summed E-state index contributed by atoms with van der Waals surface area (Å²) in [6, 6.07) is 13.2. The Morgan fingerprint density at radius 2 is 1.88 bits per heavy atom. The molecule has 2 aromatic rings. The third-order valence-corrected chi connectivity index (χ3v) is 3.66. The summed E-state index contributed by atoms with van der Waals surface area (Å²) in [5.41, 5.74) is 0. The van der Waals surface area contributed by atoms with Gasteiger partial charge in [0.25, 0.3) is 0 Å². The van der Waals surface area contributed by atoms with Gasteiger partial charge < -0.3 is 9.42 Å². The molecule has 0 radical (unpaired) electrons. The standard InChI is InChI=1S/C12H13O3P/c1-2-16(13,14)15-12-8-7-10-5-3-4-6-11(10)9-12/h3-9H,2H2,1H3,(H,13,14). The quantitative estimate of drug-likeness (QED) is 0.830. The van der Waals surface area contributed by atoms with Crippen molar-refractivity contribution in [2.45, 2.75) is 6.92 Å². The van der Waals surface area contributed by atoms with Gasteiger partial charge in [0.2, 0.25) is 0 Å². The molecule has 0 bridgehead atoms. The molecule has 0 saturated heterocycles. The zero-order chi connectivity index (χ0) is 11.6. The van der Waals surface area contributed by atoms with Crippen LogP contribution in [0.15, 0.2) is 42.5 Å². The second kappa shape index (κ2) is 4.28. The van der Waals surface area contributed by atoms with Crippen molar-refractivity contribution in [3.05, 3.63) is 42.5 Å². The zero-order valence-electron chi connectivity index (χ0n) is 8.96. The molecule has 0 aliphatic carbocycles. The Morgan fingerprint density at radius 1 is 1.19 bits per heavy atom. The van der Waals surface area contributed by atoms with Gasteiger partial charge in [0.15, 0.2) is 0 Å². The monoisotopic (exact) mass is 236 g/mol. The number of benzene rings is 2. The predicted molar refractivity (Wildman–Crippen MR) is 64.9 cm³/mol. The summed E-state index contributed by atoms with van der Waals surface area (Å²) in [6.07, 6.45) is 0.111. The van der Waals surface area contributed by atoms with Crippen molar-refractivity contribution in [2.24, 2.45) is 0 Å². The van der Waals surface area contributed by atoms with E-state index in [1.807, 2.05) is 30.3 Å². The van der Waals surface area contributed by atoms with Crippen LogP contribution >= 0.6 is 7.60 Å². The van der Waals surface area contributed by atoms with Crippen molar-refractivity contribution in [2.75, 3.05) is 6.16 Å². The van der Waals surface area contributed by atoms with E-state index >= 15 is 0 Å². The summed E-state index contributed by atoms with van der Waals surface area (Å²) in [4.78, 5) is 9.38. The molecule has 1 unspecified atom stereocenters. The lowest BCUT2D eigenvalue weighted by molar-refractivity contribution is 0.381. The van der Waals surface area contributed by atoms with Crippen LogP contribution in [0.2, 0.25) is 0 Å². The fourth-order valence-electron chi connectivity index (χ4n) is 1.45.